The molecule has 0 atom stereocenters. The van der Waals surface area contributed by atoms with E-state index in [-0.39, 0.29) is 16.2 Å². The van der Waals surface area contributed by atoms with Gasteiger partial charge in [0.05, 0.1) is 18.5 Å². The summed E-state index contributed by atoms with van der Waals surface area (Å²) in [5.74, 6) is 0.630. The molecule has 34 heavy (non-hydrogen) atoms. The standard InChI is InChI=1S/C24H24N4O5S/c1-5-17-8-6-7-9-20(17)27-34(30,31)22-14-18(10-12-21(22)32-4)19-11-13-23(29)28(25-19)24-15(2)26-33-16(24)3/h6-14,27H,5H2,1-4H3. The van der Waals surface area contributed by atoms with Crippen LogP contribution in [0.1, 0.15) is 23.9 Å². The fourth-order valence-corrected chi connectivity index (χ4v) is 4.98. The maximum absolute atomic E-state index is 13.3. The molecule has 0 bridgehead atoms. The summed E-state index contributed by atoms with van der Waals surface area (Å²) >= 11 is 0. The van der Waals surface area contributed by atoms with Gasteiger partial charge < -0.3 is 9.26 Å². The van der Waals surface area contributed by atoms with Gasteiger partial charge in [0.25, 0.3) is 15.6 Å². The van der Waals surface area contributed by atoms with Gasteiger partial charge in [0.2, 0.25) is 0 Å². The molecule has 0 radical (unpaired) electrons. The predicted molar refractivity (Wildman–Crippen MR) is 128 cm³/mol. The smallest absolute Gasteiger partial charge is 0.271 e. The van der Waals surface area contributed by atoms with Crippen LogP contribution in [0.5, 0.6) is 5.75 Å². The molecule has 2 heterocycles. The molecule has 2 aromatic carbocycles. The van der Waals surface area contributed by atoms with Crippen molar-refractivity contribution in [2.45, 2.75) is 32.1 Å². The Balaban J connectivity index is 1.81. The number of ether oxygens (including phenoxy) is 1. The Morgan fingerprint density at radius 1 is 1.09 bits per heavy atom. The van der Waals surface area contributed by atoms with E-state index in [4.69, 9.17) is 9.26 Å². The van der Waals surface area contributed by atoms with Crippen molar-refractivity contribution in [2.75, 3.05) is 11.8 Å². The highest BCUT2D eigenvalue weighted by Crippen LogP contribution is 2.31. The molecular formula is C24H24N4O5S. The lowest BCUT2D eigenvalue weighted by Gasteiger charge is -2.15. The number of hydrogen-bond acceptors (Lipinski definition) is 7. The first-order valence-electron chi connectivity index (χ1n) is 10.6. The quantitative estimate of drug-likeness (QED) is 0.427. The van der Waals surface area contributed by atoms with Crippen molar-refractivity contribution in [3.8, 4) is 22.7 Å². The first kappa shape index (κ1) is 23.2. The van der Waals surface area contributed by atoms with Crippen LogP contribution in [0.25, 0.3) is 16.9 Å². The van der Waals surface area contributed by atoms with Crippen molar-refractivity contribution in [3.63, 3.8) is 0 Å². The summed E-state index contributed by atoms with van der Waals surface area (Å²) < 4.78 is 41.0. The number of aromatic nitrogens is 3. The first-order chi connectivity index (χ1) is 16.2. The maximum atomic E-state index is 13.3. The SMILES string of the molecule is CCc1ccccc1NS(=O)(=O)c1cc(-c2ccc(=O)n(-c3c(C)noc3C)n2)ccc1OC. The van der Waals surface area contributed by atoms with Gasteiger partial charge in [-0.15, -0.1) is 0 Å². The maximum Gasteiger partial charge on any atom is 0.271 e. The van der Waals surface area contributed by atoms with E-state index in [0.29, 0.717) is 40.5 Å². The van der Waals surface area contributed by atoms with Crippen LogP contribution in [0, 0.1) is 13.8 Å². The van der Waals surface area contributed by atoms with E-state index in [1.807, 2.05) is 19.1 Å². The third-order valence-electron chi connectivity index (χ3n) is 5.40. The summed E-state index contributed by atoms with van der Waals surface area (Å²) in [6.07, 6.45) is 0.670. The molecule has 176 valence electrons. The van der Waals surface area contributed by atoms with Crippen LogP contribution in [0.3, 0.4) is 0 Å². The van der Waals surface area contributed by atoms with E-state index in [1.54, 1.807) is 38.1 Å². The summed E-state index contributed by atoms with van der Waals surface area (Å²) in [4.78, 5) is 12.5. The lowest BCUT2D eigenvalue weighted by molar-refractivity contribution is 0.392. The molecule has 0 unspecified atom stereocenters. The minimum Gasteiger partial charge on any atom is -0.495 e. The van der Waals surface area contributed by atoms with Crippen molar-refractivity contribution < 1.29 is 17.7 Å². The van der Waals surface area contributed by atoms with Crippen molar-refractivity contribution in [3.05, 3.63) is 82.0 Å². The molecule has 2 aromatic heterocycles. The zero-order chi connectivity index (χ0) is 24.5. The van der Waals surface area contributed by atoms with Crippen molar-refractivity contribution in [1.29, 1.82) is 0 Å². The fraction of sp³-hybridized carbons (Fsp3) is 0.208. The Labute approximate surface area is 197 Å². The van der Waals surface area contributed by atoms with Crippen LogP contribution in [0.4, 0.5) is 5.69 Å². The van der Waals surface area contributed by atoms with Crippen LogP contribution in [-0.4, -0.2) is 30.5 Å². The molecule has 4 aromatic rings. The Kier molecular flexibility index (Phi) is 6.25. The fourth-order valence-electron chi connectivity index (χ4n) is 3.68. The Hall–Kier alpha value is -3.92. The molecule has 0 saturated carbocycles. The summed E-state index contributed by atoms with van der Waals surface area (Å²) in [5.41, 5.74) is 2.86. The number of anilines is 1. The third kappa shape index (κ3) is 4.32. The molecule has 0 aliphatic carbocycles. The summed E-state index contributed by atoms with van der Waals surface area (Å²) in [7, 11) is -2.58. The number of benzene rings is 2. The highest BCUT2D eigenvalue weighted by Gasteiger charge is 2.22. The molecular weight excluding hydrogens is 456 g/mol. The van der Waals surface area contributed by atoms with Gasteiger partial charge in [-0.25, -0.2) is 8.42 Å². The second-order valence-corrected chi connectivity index (χ2v) is 9.27. The zero-order valence-corrected chi connectivity index (χ0v) is 20.0. The number of para-hydroxylation sites is 1. The molecule has 9 nitrogen and oxygen atoms in total. The van der Waals surface area contributed by atoms with Crippen molar-refractivity contribution in [2.24, 2.45) is 0 Å². The first-order valence-corrected chi connectivity index (χ1v) is 12.1. The molecule has 0 saturated heterocycles. The van der Waals surface area contributed by atoms with Crippen LogP contribution >= 0.6 is 0 Å². The van der Waals surface area contributed by atoms with Crippen molar-refractivity contribution >= 4 is 15.7 Å². The number of hydrogen-bond donors (Lipinski definition) is 1. The highest BCUT2D eigenvalue weighted by atomic mass is 32.2. The van der Waals surface area contributed by atoms with Gasteiger partial charge in [0, 0.05) is 11.6 Å². The molecule has 0 fully saturated rings. The number of sulfonamides is 1. The van der Waals surface area contributed by atoms with E-state index in [9.17, 15) is 13.2 Å². The molecule has 10 heteroatoms. The lowest BCUT2D eigenvalue weighted by Crippen LogP contribution is -2.21. The second kappa shape index (κ2) is 9.14. The molecule has 0 aliphatic rings. The third-order valence-corrected chi connectivity index (χ3v) is 6.79. The minimum absolute atomic E-state index is 0.0460. The molecule has 0 aliphatic heterocycles. The van der Waals surface area contributed by atoms with E-state index in [2.05, 4.69) is 15.0 Å². The predicted octanol–water partition coefficient (Wildman–Crippen LogP) is 3.88. The Morgan fingerprint density at radius 3 is 2.53 bits per heavy atom. The van der Waals surface area contributed by atoms with Gasteiger partial charge in [0.15, 0.2) is 5.76 Å². The van der Waals surface area contributed by atoms with E-state index in [0.717, 1.165) is 5.56 Å². The summed E-state index contributed by atoms with van der Waals surface area (Å²) in [6, 6.07) is 14.8. The number of rotatable bonds is 7. The van der Waals surface area contributed by atoms with Gasteiger partial charge in [-0.3, -0.25) is 9.52 Å². The van der Waals surface area contributed by atoms with Crippen molar-refractivity contribution in [1.82, 2.24) is 14.9 Å². The monoisotopic (exact) mass is 480 g/mol. The minimum atomic E-state index is -3.99. The number of nitrogens with one attached hydrogen (secondary N) is 1. The van der Waals surface area contributed by atoms with Gasteiger partial charge in [-0.2, -0.15) is 9.78 Å². The normalized spacial score (nSPS) is 11.4. The summed E-state index contributed by atoms with van der Waals surface area (Å²) in [5, 5.41) is 8.33. The average molecular weight is 481 g/mol. The highest BCUT2D eigenvalue weighted by molar-refractivity contribution is 7.92. The molecule has 0 amide bonds. The number of methoxy groups -OCH3 is 1. The van der Waals surface area contributed by atoms with Gasteiger partial charge in [-0.1, -0.05) is 30.3 Å². The summed E-state index contributed by atoms with van der Waals surface area (Å²) in [6.45, 7) is 5.35. The van der Waals surface area contributed by atoms with Crippen LogP contribution in [0.15, 0.2) is 68.8 Å². The van der Waals surface area contributed by atoms with Crippen LogP contribution < -0.4 is 15.0 Å². The zero-order valence-electron chi connectivity index (χ0n) is 19.2. The van der Waals surface area contributed by atoms with Gasteiger partial charge in [-0.05, 0) is 56.2 Å². The average Bonchev–Trinajstić information content (AvgIpc) is 3.16. The van der Waals surface area contributed by atoms with E-state index >= 15 is 0 Å². The number of aryl methyl sites for hydroxylation is 3. The number of nitrogens with zero attached hydrogens (tertiary/aromatic N) is 3. The lowest BCUT2D eigenvalue weighted by atomic mass is 10.1. The molecule has 0 spiro atoms. The topological polar surface area (TPSA) is 116 Å². The molecule has 4 rings (SSSR count). The van der Waals surface area contributed by atoms with Crippen LogP contribution in [-0.2, 0) is 16.4 Å². The van der Waals surface area contributed by atoms with E-state index < -0.39 is 10.0 Å². The molecule has 1 N–H and O–H groups in total. The Bertz CT molecular complexity index is 1500. The van der Waals surface area contributed by atoms with E-state index in [1.165, 1.54) is 30.0 Å². The van der Waals surface area contributed by atoms with Gasteiger partial charge in [0.1, 0.15) is 22.0 Å². The second-order valence-electron chi connectivity index (χ2n) is 7.62. The largest absolute Gasteiger partial charge is 0.495 e. The Morgan fingerprint density at radius 2 is 1.85 bits per heavy atom. The van der Waals surface area contributed by atoms with Crippen LogP contribution in [0.2, 0.25) is 0 Å². The van der Waals surface area contributed by atoms with Gasteiger partial charge >= 0.3 is 0 Å².